The van der Waals surface area contributed by atoms with Gasteiger partial charge < -0.3 is 4.74 Å². The Kier molecular flexibility index (Phi) is 4.92. The molecule has 19 heavy (non-hydrogen) atoms. The summed E-state index contributed by atoms with van der Waals surface area (Å²) in [7, 11) is 0. The molecule has 2 aromatic rings. The van der Waals surface area contributed by atoms with Crippen LogP contribution in [-0.4, -0.2) is 0 Å². The van der Waals surface area contributed by atoms with Gasteiger partial charge in [-0.3, -0.25) is 0 Å². The highest BCUT2D eigenvalue weighted by atomic mass is 35.5. The van der Waals surface area contributed by atoms with Crippen LogP contribution >= 0.6 is 34.8 Å². The van der Waals surface area contributed by atoms with Gasteiger partial charge in [-0.15, -0.1) is 11.6 Å². The maximum absolute atomic E-state index is 13.3. The van der Waals surface area contributed by atoms with Gasteiger partial charge in [0.25, 0.3) is 0 Å². The standard InChI is InChI=1S/C14H10Cl3FO/c15-7-10-11(16)2-1-3-14(10)19-8-9-4-5-12(17)13(18)6-9/h1-6H,7-8H2. The Bertz CT molecular complexity index is 587. The first-order chi connectivity index (χ1) is 9.11. The van der Waals surface area contributed by atoms with Gasteiger partial charge in [0.1, 0.15) is 18.2 Å². The number of hydrogen-bond acceptors (Lipinski definition) is 1. The molecule has 0 bridgehead atoms. The van der Waals surface area contributed by atoms with Crippen LogP contribution in [-0.2, 0) is 12.5 Å². The average molecular weight is 320 g/mol. The molecule has 0 aliphatic rings. The van der Waals surface area contributed by atoms with E-state index in [1.807, 2.05) is 0 Å². The van der Waals surface area contributed by atoms with E-state index in [0.29, 0.717) is 16.3 Å². The lowest BCUT2D eigenvalue weighted by Gasteiger charge is -2.11. The van der Waals surface area contributed by atoms with E-state index in [1.54, 1.807) is 24.3 Å². The van der Waals surface area contributed by atoms with E-state index in [9.17, 15) is 4.39 Å². The van der Waals surface area contributed by atoms with Crippen LogP contribution in [0.25, 0.3) is 0 Å². The van der Waals surface area contributed by atoms with Crippen LogP contribution in [0.1, 0.15) is 11.1 Å². The van der Waals surface area contributed by atoms with Crippen LogP contribution in [0.3, 0.4) is 0 Å². The van der Waals surface area contributed by atoms with Gasteiger partial charge in [-0.1, -0.05) is 35.3 Å². The van der Waals surface area contributed by atoms with Crippen molar-refractivity contribution in [1.29, 1.82) is 0 Å². The van der Waals surface area contributed by atoms with E-state index in [0.717, 1.165) is 5.56 Å². The lowest BCUT2D eigenvalue weighted by molar-refractivity contribution is 0.303. The highest BCUT2D eigenvalue weighted by molar-refractivity contribution is 6.32. The van der Waals surface area contributed by atoms with Crippen molar-refractivity contribution in [3.63, 3.8) is 0 Å². The third kappa shape index (κ3) is 3.53. The fraction of sp³-hybridized carbons (Fsp3) is 0.143. The summed E-state index contributed by atoms with van der Waals surface area (Å²) in [5.41, 5.74) is 1.41. The van der Waals surface area contributed by atoms with Crippen molar-refractivity contribution in [3.8, 4) is 5.75 Å². The van der Waals surface area contributed by atoms with E-state index >= 15 is 0 Å². The van der Waals surface area contributed by atoms with E-state index in [1.165, 1.54) is 12.1 Å². The first kappa shape index (κ1) is 14.4. The number of rotatable bonds is 4. The van der Waals surface area contributed by atoms with Gasteiger partial charge in [0.05, 0.1) is 10.9 Å². The van der Waals surface area contributed by atoms with Crippen molar-refractivity contribution in [2.45, 2.75) is 12.5 Å². The quantitative estimate of drug-likeness (QED) is 0.681. The lowest BCUT2D eigenvalue weighted by Crippen LogP contribution is -1.99. The summed E-state index contributed by atoms with van der Waals surface area (Å²) in [6.07, 6.45) is 0. The summed E-state index contributed by atoms with van der Waals surface area (Å²) in [4.78, 5) is 0. The first-order valence-corrected chi connectivity index (χ1v) is 6.81. The predicted octanol–water partition coefficient (Wildman–Crippen LogP) is 5.45. The van der Waals surface area contributed by atoms with Crippen LogP contribution in [0.4, 0.5) is 4.39 Å². The monoisotopic (exact) mass is 318 g/mol. The van der Waals surface area contributed by atoms with Gasteiger partial charge in [-0.25, -0.2) is 4.39 Å². The van der Waals surface area contributed by atoms with Crippen molar-refractivity contribution < 1.29 is 9.13 Å². The van der Waals surface area contributed by atoms with E-state index in [2.05, 4.69) is 0 Å². The maximum atomic E-state index is 13.3. The number of alkyl halides is 1. The van der Waals surface area contributed by atoms with Crippen LogP contribution in [0.2, 0.25) is 10.0 Å². The first-order valence-electron chi connectivity index (χ1n) is 5.52. The van der Waals surface area contributed by atoms with Crippen LogP contribution in [0.15, 0.2) is 36.4 Å². The Morgan fingerprint density at radius 1 is 1.05 bits per heavy atom. The molecule has 0 saturated heterocycles. The highest BCUT2D eigenvalue weighted by Gasteiger charge is 2.08. The molecule has 0 amide bonds. The normalized spacial score (nSPS) is 10.5. The Balaban J connectivity index is 2.14. The summed E-state index contributed by atoms with van der Waals surface area (Å²) >= 11 is 17.5. The molecule has 100 valence electrons. The van der Waals surface area contributed by atoms with Gasteiger partial charge in [0.2, 0.25) is 0 Å². The number of ether oxygens (including phenoxy) is 1. The van der Waals surface area contributed by atoms with Crippen LogP contribution in [0, 0.1) is 5.82 Å². The molecule has 0 saturated carbocycles. The molecule has 0 aliphatic carbocycles. The molecule has 0 aromatic heterocycles. The minimum atomic E-state index is -0.466. The summed E-state index contributed by atoms with van der Waals surface area (Å²) in [5.74, 6) is 0.383. The minimum absolute atomic E-state index is 0.0907. The highest BCUT2D eigenvalue weighted by Crippen LogP contribution is 2.28. The third-order valence-corrected chi connectivity index (χ3v) is 3.52. The number of halogens is 4. The van der Waals surface area contributed by atoms with E-state index in [-0.39, 0.29) is 17.5 Å². The zero-order valence-corrected chi connectivity index (χ0v) is 12.1. The maximum Gasteiger partial charge on any atom is 0.142 e. The molecular formula is C14H10Cl3FO. The molecule has 0 aliphatic heterocycles. The molecule has 2 aromatic carbocycles. The Hall–Kier alpha value is -0.960. The zero-order chi connectivity index (χ0) is 13.8. The van der Waals surface area contributed by atoms with Gasteiger partial charge in [-0.2, -0.15) is 0 Å². The minimum Gasteiger partial charge on any atom is -0.489 e. The summed E-state index contributed by atoms with van der Waals surface area (Å²) in [6.45, 7) is 0.221. The zero-order valence-electron chi connectivity index (χ0n) is 9.80. The molecule has 5 heteroatoms. The molecule has 2 rings (SSSR count). The number of benzene rings is 2. The summed E-state index contributed by atoms with van der Waals surface area (Å²) in [5, 5.41) is 0.641. The van der Waals surface area contributed by atoms with Crippen molar-refractivity contribution in [1.82, 2.24) is 0 Å². The van der Waals surface area contributed by atoms with Gasteiger partial charge in [0, 0.05) is 10.6 Å². The SMILES string of the molecule is Fc1cc(COc2cccc(Cl)c2CCl)ccc1Cl. The van der Waals surface area contributed by atoms with E-state index < -0.39 is 5.82 Å². The summed E-state index contributed by atoms with van der Waals surface area (Å²) in [6, 6.07) is 9.83. The number of hydrogen-bond donors (Lipinski definition) is 0. The fourth-order valence-corrected chi connectivity index (χ4v) is 2.29. The molecule has 0 N–H and O–H groups in total. The second kappa shape index (κ2) is 6.47. The second-order valence-corrected chi connectivity index (χ2v) is 4.97. The molecule has 0 spiro atoms. The molecule has 0 fully saturated rings. The van der Waals surface area contributed by atoms with Gasteiger partial charge in [-0.05, 0) is 29.8 Å². The largest absolute Gasteiger partial charge is 0.489 e. The fourth-order valence-electron chi connectivity index (χ4n) is 1.59. The van der Waals surface area contributed by atoms with E-state index in [4.69, 9.17) is 39.5 Å². The topological polar surface area (TPSA) is 9.23 Å². The van der Waals surface area contributed by atoms with Crippen LogP contribution < -0.4 is 4.74 Å². The van der Waals surface area contributed by atoms with Crippen molar-refractivity contribution >= 4 is 34.8 Å². The molecule has 0 radical (unpaired) electrons. The summed E-state index contributed by atoms with van der Waals surface area (Å²) < 4.78 is 18.9. The molecule has 1 nitrogen and oxygen atoms in total. The third-order valence-electron chi connectivity index (χ3n) is 2.59. The molecule has 0 atom stereocenters. The Labute approximate surface area is 125 Å². The lowest BCUT2D eigenvalue weighted by atomic mass is 10.2. The predicted molar refractivity (Wildman–Crippen MR) is 76.8 cm³/mol. The van der Waals surface area contributed by atoms with Gasteiger partial charge in [0.15, 0.2) is 0 Å². The Morgan fingerprint density at radius 2 is 1.84 bits per heavy atom. The molecule has 0 heterocycles. The smallest absolute Gasteiger partial charge is 0.142 e. The second-order valence-electron chi connectivity index (χ2n) is 3.89. The molecule has 0 unspecified atom stereocenters. The molecular weight excluding hydrogens is 310 g/mol. The van der Waals surface area contributed by atoms with Gasteiger partial charge >= 0.3 is 0 Å². The van der Waals surface area contributed by atoms with Crippen molar-refractivity contribution in [2.24, 2.45) is 0 Å². The van der Waals surface area contributed by atoms with Crippen molar-refractivity contribution in [2.75, 3.05) is 0 Å². The van der Waals surface area contributed by atoms with Crippen LogP contribution in [0.5, 0.6) is 5.75 Å². The van der Waals surface area contributed by atoms with Crippen molar-refractivity contribution in [3.05, 3.63) is 63.4 Å². The average Bonchev–Trinajstić information content (AvgIpc) is 2.40. The Morgan fingerprint density at radius 3 is 2.53 bits per heavy atom.